The number of urea groups is 1. The highest BCUT2D eigenvalue weighted by Gasteiger charge is 1.99. The largest absolute Gasteiger partial charge is 0.345 e. The second-order valence-corrected chi connectivity index (χ2v) is 3.27. The summed E-state index contributed by atoms with van der Waals surface area (Å²) < 4.78 is 2.49. The quantitative estimate of drug-likeness (QED) is 0.463. The molecule has 0 aliphatic rings. The van der Waals surface area contributed by atoms with E-state index in [1.165, 1.54) is 11.9 Å². The third kappa shape index (κ3) is 3.99. The summed E-state index contributed by atoms with van der Waals surface area (Å²) in [5.41, 5.74) is 3.76. The molecule has 0 aromatic carbocycles. The molecule has 0 saturated heterocycles. The molecular formula is C9H12N4OS. The number of rotatable bonds is 3. The highest BCUT2D eigenvalue weighted by atomic mass is 32.2. The van der Waals surface area contributed by atoms with Crippen LogP contribution in [0.4, 0.5) is 4.79 Å². The number of pyridine rings is 1. The van der Waals surface area contributed by atoms with E-state index >= 15 is 0 Å². The third-order valence-corrected chi connectivity index (χ3v) is 1.95. The lowest BCUT2D eigenvalue weighted by molar-refractivity contribution is 0.247. The number of hydrogen-bond donors (Lipinski definition) is 2. The first-order chi connectivity index (χ1) is 7.24. The van der Waals surface area contributed by atoms with E-state index in [4.69, 9.17) is 0 Å². The monoisotopic (exact) mass is 224 g/mol. The van der Waals surface area contributed by atoms with Crippen molar-refractivity contribution < 1.29 is 4.79 Å². The SMILES string of the molecule is CSNC(=O)N/N=C(\C)c1ccccn1. The molecule has 0 aliphatic heterocycles. The number of amides is 2. The van der Waals surface area contributed by atoms with Gasteiger partial charge in [0, 0.05) is 12.5 Å². The Balaban J connectivity index is 2.57. The van der Waals surface area contributed by atoms with E-state index in [0.717, 1.165) is 5.69 Å². The first-order valence-corrected chi connectivity index (χ1v) is 5.51. The Hall–Kier alpha value is -1.56. The average Bonchev–Trinajstić information content (AvgIpc) is 2.27. The van der Waals surface area contributed by atoms with Gasteiger partial charge in [-0.05, 0) is 19.1 Å². The topological polar surface area (TPSA) is 66.4 Å². The molecule has 0 fully saturated rings. The number of nitrogens with zero attached hydrogens (tertiary/aromatic N) is 2. The van der Waals surface area contributed by atoms with Crippen LogP contribution in [0.5, 0.6) is 0 Å². The number of hydrazone groups is 1. The van der Waals surface area contributed by atoms with Crippen LogP contribution in [0.25, 0.3) is 0 Å². The van der Waals surface area contributed by atoms with E-state index in [0.29, 0.717) is 5.71 Å². The molecule has 1 rings (SSSR count). The minimum atomic E-state index is -0.349. The summed E-state index contributed by atoms with van der Waals surface area (Å²) in [6, 6.07) is 5.17. The number of carbonyl (C=O) groups excluding carboxylic acids is 1. The van der Waals surface area contributed by atoms with Crippen LogP contribution < -0.4 is 10.1 Å². The van der Waals surface area contributed by atoms with Crippen LogP contribution in [0.15, 0.2) is 29.5 Å². The predicted molar refractivity (Wildman–Crippen MR) is 61.6 cm³/mol. The Bertz CT molecular complexity index is 352. The first kappa shape index (κ1) is 11.5. The van der Waals surface area contributed by atoms with Gasteiger partial charge < -0.3 is 0 Å². The number of nitrogens with one attached hydrogen (secondary N) is 2. The van der Waals surface area contributed by atoms with Crippen molar-refractivity contribution in [1.29, 1.82) is 0 Å². The van der Waals surface area contributed by atoms with Crippen molar-refractivity contribution in [2.45, 2.75) is 6.92 Å². The van der Waals surface area contributed by atoms with Crippen LogP contribution in [-0.4, -0.2) is 23.0 Å². The highest BCUT2D eigenvalue weighted by molar-refractivity contribution is 7.97. The van der Waals surface area contributed by atoms with Crippen LogP contribution >= 0.6 is 11.9 Å². The van der Waals surface area contributed by atoms with Crippen LogP contribution in [0, 0.1) is 0 Å². The van der Waals surface area contributed by atoms with Gasteiger partial charge in [0.2, 0.25) is 0 Å². The Morgan fingerprint density at radius 3 is 2.93 bits per heavy atom. The summed E-state index contributed by atoms with van der Waals surface area (Å²) in [7, 11) is 0. The lowest BCUT2D eigenvalue weighted by Crippen LogP contribution is -2.27. The molecule has 0 atom stereocenters. The zero-order valence-electron chi connectivity index (χ0n) is 8.52. The molecule has 1 aromatic rings. The molecule has 0 radical (unpaired) electrons. The molecule has 15 heavy (non-hydrogen) atoms. The van der Waals surface area contributed by atoms with Crippen molar-refractivity contribution in [3.8, 4) is 0 Å². The van der Waals surface area contributed by atoms with Gasteiger partial charge in [-0.15, -0.1) is 0 Å². The number of hydrogen-bond acceptors (Lipinski definition) is 4. The Kier molecular flexibility index (Phi) is 4.62. The van der Waals surface area contributed by atoms with E-state index in [9.17, 15) is 4.79 Å². The van der Waals surface area contributed by atoms with Gasteiger partial charge in [-0.3, -0.25) is 9.71 Å². The molecule has 2 N–H and O–H groups in total. The summed E-state index contributed by atoms with van der Waals surface area (Å²) in [6.45, 7) is 1.78. The minimum absolute atomic E-state index is 0.349. The van der Waals surface area contributed by atoms with E-state index in [2.05, 4.69) is 20.2 Å². The number of carbonyl (C=O) groups is 1. The van der Waals surface area contributed by atoms with Gasteiger partial charge in [-0.25, -0.2) is 10.2 Å². The standard InChI is InChI=1S/C9H12N4OS/c1-7(8-5-3-4-6-10-8)11-12-9(14)13-15-2/h3-6H,1-2H3,(H2,12,13,14)/b11-7+. The molecule has 6 heteroatoms. The van der Waals surface area contributed by atoms with Crippen molar-refractivity contribution in [2.24, 2.45) is 5.10 Å². The summed E-state index contributed by atoms with van der Waals surface area (Å²) in [5, 5.41) is 3.89. The van der Waals surface area contributed by atoms with Crippen molar-refractivity contribution >= 4 is 23.7 Å². The van der Waals surface area contributed by atoms with Crippen LogP contribution in [0.1, 0.15) is 12.6 Å². The van der Waals surface area contributed by atoms with Crippen molar-refractivity contribution in [1.82, 2.24) is 15.1 Å². The van der Waals surface area contributed by atoms with Gasteiger partial charge >= 0.3 is 6.03 Å². The predicted octanol–water partition coefficient (Wildman–Crippen LogP) is 1.38. The van der Waals surface area contributed by atoms with Gasteiger partial charge in [-0.2, -0.15) is 5.10 Å². The number of aromatic nitrogens is 1. The normalized spacial score (nSPS) is 10.9. The second kappa shape index (κ2) is 6.02. The van der Waals surface area contributed by atoms with Crippen LogP contribution in [-0.2, 0) is 0 Å². The van der Waals surface area contributed by atoms with Crippen molar-refractivity contribution in [3.05, 3.63) is 30.1 Å². The average molecular weight is 224 g/mol. The second-order valence-electron chi connectivity index (χ2n) is 2.66. The summed E-state index contributed by atoms with van der Waals surface area (Å²) >= 11 is 1.21. The van der Waals surface area contributed by atoms with Crippen LogP contribution in [0.2, 0.25) is 0 Å². The van der Waals surface area contributed by atoms with E-state index in [1.807, 2.05) is 18.2 Å². The molecule has 2 amide bonds. The molecule has 1 aromatic heterocycles. The molecule has 80 valence electrons. The minimum Gasteiger partial charge on any atom is -0.281 e. The van der Waals surface area contributed by atoms with Gasteiger partial charge in [0.15, 0.2) is 0 Å². The maximum Gasteiger partial charge on any atom is 0.345 e. The molecular weight excluding hydrogens is 212 g/mol. The molecule has 0 spiro atoms. The van der Waals surface area contributed by atoms with Gasteiger partial charge in [0.05, 0.1) is 11.4 Å². The molecule has 0 unspecified atom stereocenters. The third-order valence-electron chi connectivity index (χ3n) is 1.56. The fourth-order valence-electron chi connectivity index (χ4n) is 0.884. The maximum atomic E-state index is 11.0. The smallest absolute Gasteiger partial charge is 0.281 e. The first-order valence-electron chi connectivity index (χ1n) is 4.28. The lowest BCUT2D eigenvalue weighted by Gasteiger charge is -2.01. The van der Waals surface area contributed by atoms with Crippen LogP contribution in [0.3, 0.4) is 0 Å². The molecule has 5 nitrogen and oxygen atoms in total. The fourth-order valence-corrected chi connectivity index (χ4v) is 1.12. The van der Waals surface area contributed by atoms with Gasteiger partial charge in [0.25, 0.3) is 0 Å². The highest BCUT2D eigenvalue weighted by Crippen LogP contribution is 1.95. The Morgan fingerprint density at radius 2 is 2.33 bits per heavy atom. The van der Waals surface area contributed by atoms with Gasteiger partial charge in [0.1, 0.15) is 0 Å². The lowest BCUT2D eigenvalue weighted by atomic mass is 10.3. The Labute approximate surface area is 92.5 Å². The molecule has 0 saturated carbocycles. The molecule has 0 bridgehead atoms. The van der Waals surface area contributed by atoms with Crippen molar-refractivity contribution in [2.75, 3.05) is 6.26 Å². The van der Waals surface area contributed by atoms with E-state index in [-0.39, 0.29) is 6.03 Å². The molecule has 1 heterocycles. The summed E-state index contributed by atoms with van der Waals surface area (Å²) in [6.07, 6.45) is 3.44. The summed E-state index contributed by atoms with van der Waals surface area (Å²) in [5.74, 6) is 0. The van der Waals surface area contributed by atoms with E-state index in [1.54, 1.807) is 19.4 Å². The van der Waals surface area contributed by atoms with Crippen molar-refractivity contribution in [3.63, 3.8) is 0 Å². The van der Waals surface area contributed by atoms with Gasteiger partial charge in [-0.1, -0.05) is 18.0 Å². The maximum absolute atomic E-state index is 11.0. The summed E-state index contributed by atoms with van der Waals surface area (Å²) in [4.78, 5) is 15.1. The zero-order chi connectivity index (χ0) is 11.1. The Morgan fingerprint density at radius 1 is 1.53 bits per heavy atom. The molecule has 0 aliphatic carbocycles. The zero-order valence-corrected chi connectivity index (χ0v) is 9.34. The van der Waals surface area contributed by atoms with E-state index < -0.39 is 0 Å². The fraction of sp³-hybridized carbons (Fsp3) is 0.222.